The van der Waals surface area contributed by atoms with E-state index in [2.05, 4.69) is 10.3 Å². The van der Waals surface area contributed by atoms with Crippen LogP contribution in [0.15, 0.2) is 42.7 Å². The molecule has 0 amide bonds. The van der Waals surface area contributed by atoms with Gasteiger partial charge in [0.15, 0.2) is 0 Å². The minimum Gasteiger partial charge on any atom is -0.487 e. The molecule has 2 rings (SSSR count). The number of hydrogen-bond acceptors (Lipinski definition) is 4. The second kappa shape index (κ2) is 8.50. The number of carboxylic acid groups (broad SMARTS) is 1. The number of ether oxygens (including phenoxy) is 1. The third kappa shape index (κ3) is 5.23. The van der Waals surface area contributed by atoms with Crippen molar-refractivity contribution in [1.82, 2.24) is 10.3 Å². The number of carboxylic acids is 1. The normalized spacial score (nSPS) is 11.9. The zero-order valence-corrected chi connectivity index (χ0v) is 13.6. The first-order chi connectivity index (χ1) is 11.1. The molecular formula is C17H19ClN2O3. The van der Waals surface area contributed by atoms with E-state index in [0.717, 1.165) is 11.1 Å². The average Bonchev–Trinajstić information content (AvgIpc) is 2.54. The van der Waals surface area contributed by atoms with E-state index in [4.69, 9.17) is 21.4 Å². The molecule has 0 aliphatic rings. The van der Waals surface area contributed by atoms with Crippen LogP contribution < -0.4 is 10.1 Å². The quantitative estimate of drug-likeness (QED) is 0.776. The number of pyridine rings is 1. The van der Waals surface area contributed by atoms with Gasteiger partial charge < -0.3 is 15.2 Å². The van der Waals surface area contributed by atoms with Crippen LogP contribution in [0.3, 0.4) is 0 Å². The summed E-state index contributed by atoms with van der Waals surface area (Å²) in [5.41, 5.74) is 1.87. The summed E-state index contributed by atoms with van der Waals surface area (Å²) < 4.78 is 5.77. The Morgan fingerprint density at radius 2 is 2.09 bits per heavy atom. The lowest BCUT2D eigenvalue weighted by molar-refractivity contribution is -0.137. The molecule has 6 heteroatoms. The van der Waals surface area contributed by atoms with Crippen molar-refractivity contribution in [1.29, 1.82) is 0 Å². The highest BCUT2D eigenvalue weighted by molar-refractivity contribution is 6.32. The molecule has 0 saturated heterocycles. The van der Waals surface area contributed by atoms with E-state index in [1.165, 1.54) is 0 Å². The third-order valence-corrected chi connectivity index (χ3v) is 3.75. The number of halogens is 1. The van der Waals surface area contributed by atoms with Gasteiger partial charge in [-0.1, -0.05) is 17.7 Å². The van der Waals surface area contributed by atoms with Crippen molar-refractivity contribution in [3.05, 3.63) is 58.9 Å². The van der Waals surface area contributed by atoms with Gasteiger partial charge in [-0.2, -0.15) is 0 Å². The molecule has 0 saturated carbocycles. The van der Waals surface area contributed by atoms with Crippen molar-refractivity contribution in [2.75, 3.05) is 13.6 Å². The number of aliphatic carboxylic acids is 1. The standard InChI is InChI=1S/C17H19ClN2O3/c1-19-10-14(9-17(21)22)13-2-3-15(18)16(8-13)23-11-12-4-6-20-7-5-12/h2-8,14,19H,9-11H2,1H3,(H,21,22)/t14-/m0/s1. The Bertz CT molecular complexity index is 650. The van der Waals surface area contributed by atoms with Crippen molar-refractivity contribution in [3.8, 4) is 5.75 Å². The number of hydrogen-bond donors (Lipinski definition) is 2. The molecule has 1 heterocycles. The number of rotatable bonds is 8. The first kappa shape index (κ1) is 17.2. The van der Waals surface area contributed by atoms with Gasteiger partial charge in [-0.05, 0) is 42.4 Å². The highest BCUT2D eigenvalue weighted by Gasteiger charge is 2.16. The molecule has 1 aromatic heterocycles. The lowest BCUT2D eigenvalue weighted by Crippen LogP contribution is -2.20. The van der Waals surface area contributed by atoms with Crippen LogP contribution in [-0.2, 0) is 11.4 Å². The van der Waals surface area contributed by atoms with E-state index in [0.29, 0.717) is 23.9 Å². The van der Waals surface area contributed by atoms with Crippen molar-refractivity contribution >= 4 is 17.6 Å². The van der Waals surface area contributed by atoms with E-state index >= 15 is 0 Å². The van der Waals surface area contributed by atoms with Gasteiger partial charge in [0, 0.05) is 24.9 Å². The number of nitrogens with zero attached hydrogens (tertiary/aromatic N) is 1. The topological polar surface area (TPSA) is 71.5 Å². The summed E-state index contributed by atoms with van der Waals surface area (Å²) in [4.78, 5) is 15.0. The molecule has 5 nitrogen and oxygen atoms in total. The number of benzene rings is 1. The molecule has 0 unspecified atom stereocenters. The SMILES string of the molecule is CNC[C@H](CC(=O)O)c1ccc(Cl)c(OCc2ccncc2)c1. The maximum Gasteiger partial charge on any atom is 0.304 e. The molecule has 0 spiro atoms. The van der Waals surface area contributed by atoms with Gasteiger partial charge >= 0.3 is 5.97 Å². The van der Waals surface area contributed by atoms with E-state index in [9.17, 15) is 4.79 Å². The molecule has 0 bridgehead atoms. The molecule has 0 radical (unpaired) electrons. The van der Waals surface area contributed by atoms with Gasteiger partial charge in [-0.25, -0.2) is 0 Å². The fourth-order valence-electron chi connectivity index (χ4n) is 2.29. The fourth-order valence-corrected chi connectivity index (χ4v) is 2.46. The first-order valence-corrected chi connectivity index (χ1v) is 7.65. The molecule has 1 atom stereocenters. The lowest BCUT2D eigenvalue weighted by atomic mass is 9.95. The summed E-state index contributed by atoms with van der Waals surface area (Å²) >= 11 is 6.18. The minimum absolute atomic E-state index is 0.0479. The Morgan fingerprint density at radius 3 is 2.74 bits per heavy atom. The lowest BCUT2D eigenvalue weighted by Gasteiger charge is -2.17. The van der Waals surface area contributed by atoms with Gasteiger partial charge in [-0.15, -0.1) is 0 Å². The predicted molar refractivity (Wildman–Crippen MR) is 88.9 cm³/mol. The van der Waals surface area contributed by atoms with E-state index in [1.54, 1.807) is 25.5 Å². The summed E-state index contributed by atoms with van der Waals surface area (Å²) in [6.45, 7) is 0.943. The van der Waals surface area contributed by atoms with Crippen LogP contribution in [0.4, 0.5) is 0 Å². The zero-order valence-electron chi connectivity index (χ0n) is 12.8. The monoisotopic (exact) mass is 334 g/mol. The summed E-state index contributed by atoms with van der Waals surface area (Å²) in [6, 6.07) is 9.13. The van der Waals surface area contributed by atoms with Gasteiger partial charge in [0.2, 0.25) is 0 Å². The predicted octanol–water partition coefficient (Wildman–Crippen LogP) is 3.09. The molecule has 0 aliphatic carbocycles. The van der Waals surface area contributed by atoms with E-state index in [1.807, 2.05) is 24.3 Å². The Hall–Kier alpha value is -2.11. The summed E-state index contributed by atoms with van der Waals surface area (Å²) in [5.74, 6) is -0.426. The molecular weight excluding hydrogens is 316 g/mol. The molecule has 0 aliphatic heterocycles. The van der Waals surface area contributed by atoms with Crippen LogP contribution in [0, 0.1) is 0 Å². The van der Waals surface area contributed by atoms with Crippen molar-refractivity contribution in [3.63, 3.8) is 0 Å². The summed E-state index contributed by atoms with van der Waals surface area (Å²) in [7, 11) is 1.80. The van der Waals surface area contributed by atoms with Crippen molar-refractivity contribution in [2.24, 2.45) is 0 Å². The zero-order chi connectivity index (χ0) is 16.7. The van der Waals surface area contributed by atoms with E-state index in [-0.39, 0.29) is 12.3 Å². The maximum atomic E-state index is 11.0. The largest absolute Gasteiger partial charge is 0.487 e. The van der Waals surface area contributed by atoms with Gasteiger partial charge in [0.05, 0.1) is 11.4 Å². The highest BCUT2D eigenvalue weighted by Crippen LogP contribution is 2.30. The van der Waals surface area contributed by atoms with Crippen molar-refractivity contribution < 1.29 is 14.6 Å². The molecule has 2 aromatic rings. The number of carbonyl (C=O) groups is 1. The second-order valence-electron chi connectivity index (χ2n) is 5.19. The minimum atomic E-state index is -0.834. The van der Waals surface area contributed by atoms with E-state index < -0.39 is 5.97 Å². The van der Waals surface area contributed by atoms with Gasteiger partial charge in [0.25, 0.3) is 0 Å². The van der Waals surface area contributed by atoms with Gasteiger partial charge in [-0.3, -0.25) is 9.78 Å². The Balaban J connectivity index is 2.15. The Kier molecular flexibility index (Phi) is 6.38. The number of aromatic nitrogens is 1. The molecule has 23 heavy (non-hydrogen) atoms. The molecule has 122 valence electrons. The Labute approximate surface area is 140 Å². The first-order valence-electron chi connectivity index (χ1n) is 7.27. The van der Waals surface area contributed by atoms with Gasteiger partial charge in [0.1, 0.15) is 12.4 Å². The Morgan fingerprint density at radius 1 is 1.35 bits per heavy atom. The van der Waals surface area contributed by atoms with Crippen molar-refractivity contribution in [2.45, 2.75) is 18.9 Å². The highest BCUT2D eigenvalue weighted by atomic mass is 35.5. The van der Waals surface area contributed by atoms with Crippen LogP contribution in [0.2, 0.25) is 5.02 Å². The molecule has 1 aromatic carbocycles. The van der Waals surface area contributed by atoms with Crippen LogP contribution in [0.1, 0.15) is 23.5 Å². The average molecular weight is 335 g/mol. The fraction of sp³-hybridized carbons (Fsp3) is 0.294. The van der Waals surface area contributed by atoms with Crippen LogP contribution >= 0.6 is 11.6 Å². The molecule has 2 N–H and O–H groups in total. The maximum absolute atomic E-state index is 11.0. The van der Waals surface area contributed by atoms with Crippen LogP contribution in [0.5, 0.6) is 5.75 Å². The molecule has 0 fully saturated rings. The number of likely N-dealkylation sites (N-methyl/N-ethyl adjacent to an activating group) is 1. The third-order valence-electron chi connectivity index (χ3n) is 3.44. The van der Waals surface area contributed by atoms with Crippen LogP contribution in [0.25, 0.3) is 0 Å². The summed E-state index contributed by atoms with van der Waals surface area (Å²) in [5, 5.41) is 12.6. The second-order valence-corrected chi connectivity index (χ2v) is 5.59. The smallest absolute Gasteiger partial charge is 0.304 e. The summed E-state index contributed by atoms with van der Waals surface area (Å²) in [6.07, 6.45) is 3.45. The van der Waals surface area contributed by atoms with Crippen LogP contribution in [-0.4, -0.2) is 29.7 Å². The number of nitrogens with one attached hydrogen (secondary N) is 1.